The minimum absolute atomic E-state index is 0.00908. The molecule has 2 aromatic rings. The lowest BCUT2D eigenvalue weighted by Crippen LogP contribution is -2.31. The van der Waals surface area contributed by atoms with Crippen molar-refractivity contribution in [1.82, 2.24) is 4.98 Å². The molecule has 0 unspecified atom stereocenters. The number of hydrogen-bond donors (Lipinski definition) is 0. The van der Waals surface area contributed by atoms with E-state index in [1.165, 1.54) is 24.3 Å². The molecule has 6 nitrogen and oxygen atoms in total. The van der Waals surface area contributed by atoms with Crippen LogP contribution in [0.15, 0.2) is 24.3 Å². The fourth-order valence-corrected chi connectivity index (χ4v) is 2.61. The van der Waals surface area contributed by atoms with Gasteiger partial charge in [0, 0.05) is 0 Å². The van der Waals surface area contributed by atoms with E-state index in [1.807, 2.05) is 0 Å². The summed E-state index contributed by atoms with van der Waals surface area (Å²) in [6.45, 7) is 0. The Kier molecular flexibility index (Phi) is 3.76. The number of aromatic nitrogens is 1. The number of halogens is 3. The highest BCUT2D eigenvalue weighted by atomic mass is 35.5. The van der Waals surface area contributed by atoms with Gasteiger partial charge in [-0.15, -0.1) is 0 Å². The van der Waals surface area contributed by atoms with E-state index in [4.69, 9.17) is 11.6 Å². The van der Waals surface area contributed by atoms with Gasteiger partial charge in [0.2, 0.25) is 5.82 Å². The van der Waals surface area contributed by atoms with Crippen LogP contribution in [0, 0.1) is 11.8 Å². The molecule has 0 aliphatic carbocycles. The summed E-state index contributed by atoms with van der Waals surface area (Å²) >= 11 is 5.90. The third kappa shape index (κ3) is 2.15. The van der Waals surface area contributed by atoms with Crippen molar-refractivity contribution >= 4 is 35.1 Å². The average Bonchev–Trinajstić information content (AvgIpc) is 2.83. The standard InChI is InChI=1S/C15H7ClF2N2O4/c1-24-15(23)10-8(16)11(9(17)12(18)19-10)20-13(21)6-4-2-3-5-7(6)14(20)22/h2-5H,1H3. The number of carbonyl (C=O) groups excluding carboxylic acids is 3. The Balaban J connectivity index is 2.25. The maximum atomic E-state index is 14.2. The van der Waals surface area contributed by atoms with E-state index < -0.39 is 46.0 Å². The molecule has 1 aliphatic rings. The Morgan fingerprint density at radius 3 is 2.21 bits per heavy atom. The van der Waals surface area contributed by atoms with Crippen molar-refractivity contribution in [2.45, 2.75) is 0 Å². The lowest BCUT2D eigenvalue weighted by Gasteiger charge is -2.17. The molecular formula is C15H7ClF2N2O4. The number of nitrogens with zero attached hydrogens (tertiary/aromatic N) is 2. The molecule has 2 amide bonds. The molecule has 0 bridgehead atoms. The Labute approximate surface area is 138 Å². The highest BCUT2D eigenvalue weighted by Gasteiger charge is 2.41. The van der Waals surface area contributed by atoms with Crippen LogP contribution >= 0.6 is 11.6 Å². The van der Waals surface area contributed by atoms with Gasteiger partial charge in [0.15, 0.2) is 5.69 Å². The summed E-state index contributed by atoms with van der Waals surface area (Å²) in [7, 11) is 0.989. The molecule has 0 spiro atoms. The molecular weight excluding hydrogens is 346 g/mol. The zero-order valence-corrected chi connectivity index (χ0v) is 12.7. The van der Waals surface area contributed by atoms with Crippen LogP contribution in [0.4, 0.5) is 14.5 Å². The third-order valence-corrected chi connectivity index (χ3v) is 3.77. The largest absolute Gasteiger partial charge is 0.464 e. The van der Waals surface area contributed by atoms with E-state index in [0.29, 0.717) is 4.90 Å². The molecule has 1 aromatic heterocycles. The molecule has 122 valence electrons. The van der Waals surface area contributed by atoms with E-state index in [2.05, 4.69) is 9.72 Å². The van der Waals surface area contributed by atoms with Gasteiger partial charge in [-0.25, -0.2) is 14.7 Å². The lowest BCUT2D eigenvalue weighted by atomic mass is 10.1. The van der Waals surface area contributed by atoms with E-state index in [9.17, 15) is 23.2 Å². The van der Waals surface area contributed by atoms with Crippen molar-refractivity contribution in [3.8, 4) is 0 Å². The van der Waals surface area contributed by atoms with Crippen molar-refractivity contribution in [3.63, 3.8) is 0 Å². The normalized spacial score (nSPS) is 13.2. The zero-order chi connectivity index (χ0) is 17.6. The number of esters is 1. The van der Waals surface area contributed by atoms with Gasteiger partial charge < -0.3 is 4.74 Å². The molecule has 1 aliphatic heterocycles. The Bertz CT molecular complexity index is 882. The number of rotatable bonds is 2. The fourth-order valence-electron chi connectivity index (χ4n) is 2.32. The van der Waals surface area contributed by atoms with Crippen LogP contribution in [0.3, 0.4) is 0 Å². The SMILES string of the molecule is COC(=O)c1nc(F)c(F)c(N2C(=O)c3ccccc3C2=O)c1Cl. The average molecular weight is 353 g/mol. The van der Waals surface area contributed by atoms with Crippen molar-refractivity contribution in [2.24, 2.45) is 0 Å². The summed E-state index contributed by atoms with van der Waals surface area (Å²) in [6.07, 6.45) is 0. The molecule has 2 heterocycles. The smallest absolute Gasteiger partial charge is 0.358 e. The molecule has 0 saturated carbocycles. The van der Waals surface area contributed by atoms with Gasteiger partial charge in [-0.2, -0.15) is 8.78 Å². The number of benzene rings is 1. The Morgan fingerprint density at radius 1 is 1.17 bits per heavy atom. The second-order valence-electron chi connectivity index (χ2n) is 4.71. The van der Waals surface area contributed by atoms with Crippen LogP contribution in [-0.2, 0) is 4.74 Å². The van der Waals surface area contributed by atoms with Crippen LogP contribution in [-0.4, -0.2) is 29.9 Å². The zero-order valence-electron chi connectivity index (χ0n) is 12.0. The highest BCUT2D eigenvalue weighted by Crippen LogP contribution is 2.37. The first-order valence-corrected chi connectivity index (χ1v) is 6.87. The summed E-state index contributed by atoms with van der Waals surface area (Å²) in [5.74, 6) is -6.24. The molecule has 0 fully saturated rings. The molecule has 0 radical (unpaired) electrons. The number of methoxy groups -OCH3 is 1. The number of carbonyl (C=O) groups is 3. The van der Waals surface area contributed by atoms with Gasteiger partial charge in [0.25, 0.3) is 17.8 Å². The summed E-state index contributed by atoms with van der Waals surface area (Å²) in [4.78, 5) is 39.8. The molecule has 0 atom stereocenters. The van der Waals surface area contributed by atoms with Crippen molar-refractivity contribution < 1.29 is 27.9 Å². The molecule has 9 heteroatoms. The lowest BCUT2D eigenvalue weighted by molar-refractivity contribution is 0.0591. The van der Waals surface area contributed by atoms with Crippen molar-refractivity contribution in [2.75, 3.05) is 12.0 Å². The molecule has 24 heavy (non-hydrogen) atoms. The van der Waals surface area contributed by atoms with Gasteiger partial charge in [-0.1, -0.05) is 23.7 Å². The molecule has 0 saturated heterocycles. The van der Waals surface area contributed by atoms with E-state index in [1.54, 1.807) is 0 Å². The molecule has 3 rings (SSSR count). The van der Waals surface area contributed by atoms with E-state index in [-0.39, 0.29) is 11.1 Å². The monoisotopic (exact) mass is 352 g/mol. The van der Waals surface area contributed by atoms with Crippen LogP contribution in [0.5, 0.6) is 0 Å². The molecule has 0 N–H and O–H groups in total. The predicted molar refractivity (Wildman–Crippen MR) is 78.1 cm³/mol. The number of fused-ring (bicyclic) bond motifs is 1. The van der Waals surface area contributed by atoms with Gasteiger partial charge in [-0.3, -0.25) is 9.59 Å². The van der Waals surface area contributed by atoms with Gasteiger partial charge in [0.05, 0.1) is 18.2 Å². The van der Waals surface area contributed by atoms with Gasteiger partial charge in [-0.05, 0) is 12.1 Å². The third-order valence-electron chi connectivity index (χ3n) is 3.41. The maximum Gasteiger partial charge on any atom is 0.358 e. The van der Waals surface area contributed by atoms with Crippen LogP contribution in [0.2, 0.25) is 5.02 Å². The number of pyridine rings is 1. The van der Waals surface area contributed by atoms with E-state index in [0.717, 1.165) is 7.11 Å². The first-order chi connectivity index (χ1) is 11.4. The first-order valence-electron chi connectivity index (χ1n) is 6.49. The fraction of sp³-hybridized carbons (Fsp3) is 0.0667. The number of ether oxygens (including phenoxy) is 1. The second kappa shape index (κ2) is 5.64. The second-order valence-corrected chi connectivity index (χ2v) is 5.09. The quantitative estimate of drug-likeness (QED) is 0.472. The van der Waals surface area contributed by atoms with E-state index >= 15 is 0 Å². The topological polar surface area (TPSA) is 76.6 Å². The summed E-state index contributed by atoms with van der Waals surface area (Å²) < 4.78 is 32.3. The van der Waals surface area contributed by atoms with Crippen LogP contribution in [0.25, 0.3) is 0 Å². The summed E-state index contributed by atoms with van der Waals surface area (Å²) in [6, 6.07) is 5.75. The summed E-state index contributed by atoms with van der Waals surface area (Å²) in [5, 5.41) is -0.699. The Morgan fingerprint density at radius 2 is 1.71 bits per heavy atom. The van der Waals surface area contributed by atoms with Crippen LogP contribution in [0.1, 0.15) is 31.2 Å². The van der Waals surface area contributed by atoms with Crippen molar-refractivity contribution in [1.29, 1.82) is 0 Å². The Hall–Kier alpha value is -2.87. The van der Waals surface area contributed by atoms with Gasteiger partial charge >= 0.3 is 5.97 Å². The van der Waals surface area contributed by atoms with Crippen molar-refractivity contribution in [3.05, 3.63) is 57.9 Å². The number of imide groups is 1. The highest BCUT2D eigenvalue weighted by molar-refractivity contribution is 6.41. The van der Waals surface area contributed by atoms with Crippen LogP contribution < -0.4 is 4.90 Å². The number of hydrogen-bond acceptors (Lipinski definition) is 5. The van der Waals surface area contributed by atoms with Gasteiger partial charge in [0.1, 0.15) is 10.7 Å². The number of anilines is 1. The number of amides is 2. The summed E-state index contributed by atoms with van der Waals surface area (Å²) in [5.41, 5.74) is -1.61. The maximum absolute atomic E-state index is 14.2. The predicted octanol–water partition coefficient (Wildman–Crippen LogP) is 2.60. The first kappa shape index (κ1) is 16.0. The molecule has 1 aromatic carbocycles. The minimum Gasteiger partial charge on any atom is -0.464 e. The minimum atomic E-state index is -1.69.